The molecule has 0 aliphatic carbocycles. The third-order valence-corrected chi connectivity index (χ3v) is 13.8. The summed E-state index contributed by atoms with van der Waals surface area (Å²) in [5.74, 6) is -0.331. The Kier molecular flexibility index (Phi) is 14.5. The lowest BCUT2D eigenvalue weighted by Crippen LogP contribution is -2.43. The lowest BCUT2D eigenvalue weighted by atomic mass is 10.2. The number of aliphatic imine (C=N–C) groups is 2. The third-order valence-electron chi connectivity index (χ3n) is 11.1. The van der Waals surface area contributed by atoms with E-state index < -0.39 is 46.9 Å². The Balaban J connectivity index is 1.25. The normalized spacial score (nSPS) is 16.8. The Morgan fingerprint density at radius 3 is 0.900 bits per heavy atom. The third kappa shape index (κ3) is 11.0. The molecule has 12 amide bonds. The first-order valence-corrected chi connectivity index (χ1v) is 24.3. The second-order valence-corrected chi connectivity index (χ2v) is 19.1. The number of anilines is 6. The molecule has 2 saturated heterocycles. The van der Waals surface area contributed by atoms with Crippen LogP contribution >= 0.6 is 21.6 Å². The summed E-state index contributed by atoms with van der Waals surface area (Å²) >= 11 is 0. The highest BCUT2D eigenvalue weighted by Crippen LogP contribution is 2.44. The van der Waals surface area contributed by atoms with Gasteiger partial charge in [-0.2, -0.15) is 9.98 Å². The molecule has 2 aliphatic heterocycles. The number of imide groups is 2. The molecule has 0 spiro atoms. The van der Waals surface area contributed by atoms with E-state index in [0.717, 1.165) is 64.8 Å². The molecule has 4 N–H and O–H groups in total. The van der Waals surface area contributed by atoms with Gasteiger partial charge in [0.2, 0.25) is 0 Å². The molecule has 6 aromatic rings. The van der Waals surface area contributed by atoms with Crippen LogP contribution in [0.5, 0.6) is 0 Å². The van der Waals surface area contributed by atoms with Gasteiger partial charge in [0.15, 0.2) is 22.4 Å². The van der Waals surface area contributed by atoms with E-state index in [9.17, 15) is 28.8 Å². The summed E-state index contributed by atoms with van der Waals surface area (Å²) in [6.45, 7) is 11.3. The molecule has 2 heterocycles. The van der Waals surface area contributed by atoms with Crippen LogP contribution < -0.4 is 31.1 Å². The molecule has 0 aromatic heterocycles. The lowest BCUT2D eigenvalue weighted by molar-refractivity contribution is 0.205. The fraction of sp³-hybridized carbons (Fsp3) is 0.154. The maximum absolute atomic E-state index is 14.9. The smallest absolute Gasteiger partial charge is 0.307 e. The zero-order chi connectivity index (χ0) is 49.6. The van der Waals surface area contributed by atoms with Crippen molar-refractivity contribution in [1.82, 2.24) is 9.80 Å². The first-order chi connectivity index (χ1) is 33.6. The van der Waals surface area contributed by atoms with Crippen LogP contribution in [0.1, 0.15) is 33.4 Å². The molecule has 0 saturated carbocycles. The highest BCUT2D eigenvalue weighted by molar-refractivity contribution is 8.77. The van der Waals surface area contributed by atoms with Crippen molar-refractivity contribution in [3.63, 3.8) is 0 Å². The average molecular weight is 973 g/mol. The number of rotatable bonds is 9. The summed E-state index contributed by atoms with van der Waals surface area (Å²) in [4.78, 5) is 100. The zero-order valence-electron chi connectivity index (χ0n) is 39.0. The van der Waals surface area contributed by atoms with Crippen LogP contribution in [0, 0.1) is 41.5 Å². The Morgan fingerprint density at radius 1 is 0.386 bits per heavy atom. The van der Waals surface area contributed by atoms with Gasteiger partial charge in [-0.1, -0.05) is 128 Å². The van der Waals surface area contributed by atoms with E-state index in [1.54, 1.807) is 121 Å². The van der Waals surface area contributed by atoms with E-state index >= 15 is 0 Å². The lowest BCUT2D eigenvalue weighted by Gasteiger charge is -2.24. The fourth-order valence-corrected chi connectivity index (χ4v) is 10.1. The Hall–Kier alpha value is -8.22. The Bertz CT molecular complexity index is 2820. The van der Waals surface area contributed by atoms with Gasteiger partial charge in [0.25, 0.3) is 0 Å². The molecule has 2 atom stereocenters. The number of urea groups is 6. The van der Waals surface area contributed by atoms with Gasteiger partial charge in [-0.15, -0.1) is 0 Å². The summed E-state index contributed by atoms with van der Waals surface area (Å²) in [6, 6.07) is 36.7. The summed E-state index contributed by atoms with van der Waals surface area (Å²) in [5.41, 5.74) is 7.78. The predicted molar refractivity (Wildman–Crippen MR) is 280 cm³/mol. The van der Waals surface area contributed by atoms with Crippen molar-refractivity contribution in [3.8, 4) is 0 Å². The zero-order valence-corrected chi connectivity index (χ0v) is 40.6. The molecule has 8 rings (SSSR count). The van der Waals surface area contributed by atoms with Gasteiger partial charge < -0.3 is 21.3 Å². The molecule has 2 fully saturated rings. The number of benzene rings is 6. The molecule has 6 aromatic carbocycles. The van der Waals surface area contributed by atoms with Crippen LogP contribution in [0.15, 0.2) is 156 Å². The molecular formula is C52H48N10O6S2. The standard InChI is InChI=1S/C52H48N10O6S2/c1-31-7-19-37(20-8-31)53-47(63)57-43-45(61(49(65)55-39-23-11-33(3)12-24-39)51(67)59(43)41-27-15-35(5)16-28-41)69-70-46-44(58-48(64)54-38-21-9-32(2)10-22-38)60(42-29-17-36(6)18-30-42)52(68)62(46)50(66)56-40-25-13-34(4)14-26-40/h7-30,45-46H,1-6H3,(H,53,63)(H,54,64)(H,55,65)(H,56,66)/b57-43-,58-44+. The molecule has 0 radical (unpaired) electrons. The van der Waals surface area contributed by atoms with Gasteiger partial charge in [0.05, 0.1) is 11.4 Å². The molecule has 16 nitrogen and oxygen atoms in total. The molecule has 2 aliphatic rings. The fourth-order valence-electron chi connectivity index (χ4n) is 7.24. The van der Waals surface area contributed by atoms with Crippen molar-refractivity contribution in [2.75, 3.05) is 31.1 Å². The number of amidine groups is 2. The van der Waals surface area contributed by atoms with Gasteiger partial charge in [0, 0.05) is 22.7 Å². The van der Waals surface area contributed by atoms with Crippen molar-refractivity contribution in [3.05, 3.63) is 179 Å². The van der Waals surface area contributed by atoms with Gasteiger partial charge in [-0.3, -0.25) is 0 Å². The number of carbonyl (C=O) groups is 6. The van der Waals surface area contributed by atoms with Gasteiger partial charge in [0.1, 0.15) is 0 Å². The second-order valence-electron chi connectivity index (χ2n) is 16.7. The van der Waals surface area contributed by atoms with Crippen LogP contribution in [0.3, 0.4) is 0 Å². The average Bonchev–Trinajstić information content (AvgIpc) is 3.76. The van der Waals surface area contributed by atoms with Crippen LogP contribution in [0.2, 0.25) is 0 Å². The molecule has 0 bridgehead atoms. The minimum absolute atomic E-state index is 0.166. The minimum atomic E-state index is -1.42. The number of hydrogen-bond acceptors (Lipinski definition) is 8. The van der Waals surface area contributed by atoms with Crippen LogP contribution in [-0.2, 0) is 0 Å². The van der Waals surface area contributed by atoms with Crippen molar-refractivity contribution in [1.29, 1.82) is 0 Å². The van der Waals surface area contributed by atoms with E-state index in [4.69, 9.17) is 0 Å². The second kappa shape index (κ2) is 21.0. The predicted octanol–water partition coefficient (Wildman–Crippen LogP) is 12.5. The van der Waals surface area contributed by atoms with Crippen LogP contribution in [0.25, 0.3) is 0 Å². The number of amides is 12. The van der Waals surface area contributed by atoms with E-state index in [1.165, 1.54) is 9.80 Å². The van der Waals surface area contributed by atoms with E-state index in [0.29, 0.717) is 34.1 Å². The number of aryl methyl sites for hydroxylation is 6. The van der Waals surface area contributed by atoms with Gasteiger partial charge >= 0.3 is 36.2 Å². The molecule has 354 valence electrons. The Labute approximate surface area is 412 Å². The quantitative estimate of drug-likeness (QED) is 0.103. The minimum Gasteiger partial charge on any atom is -0.307 e. The largest absolute Gasteiger partial charge is 0.347 e. The SMILES string of the molecule is Cc1ccc(NC(=O)/N=C2/C(SSC3/C(=N\C(=O)Nc4ccc(C)cc4)N(c4ccc(C)cc4)C(=O)N3C(=O)Nc3ccc(C)cc3)N(C(=O)Nc3ccc(C)cc3)C(=O)N2c2ccc(C)cc2)cc1. The maximum atomic E-state index is 14.9. The van der Waals surface area contributed by atoms with Gasteiger partial charge in [-0.05, 0) is 114 Å². The Morgan fingerprint density at radius 2 is 0.629 bits per heavy atom. The van der Waals surface area contributed by atoms with Crippen molar-refractivity contribution >= 4 is 104 Å². The molecular weight excluding hydrogens is 925 g/mol. The van der Waals surface area contributed by atoms with E-state index in [-0.39, 0.29) is 11.7 Å². The molecule has 2 unspecified atom stereocenters. The topological polar surface area (TPSA) is 188 Å². The van der Waals surface area contributed by atoms with Crippen LogP contribution in [-0.4, -0.2) is 68.4 Å². The summed E-state index contributed by atoms with van der Waals surface area (Å²) in [7, 11) is 1.71. The number of nitrogens with zero attached hydrogens (tertiary/aromatic N) is 6. The molecule has 70 heavy (non-hydrogen) atoms. The summed E-state index contributed by atoms with van der Waals surface area (Å²) in [5, 5.41) is 8.30. The number of hydrogen-bond donors (Lipinski definition) is 4. The number of carbonyl (C=O) groups excluding carboxylic acids is 6. The van der Waals surface area contributed by atoms with E-state index in [1.807, 2.05) is 65.8 Å². The van der Waals surface area contributed by atoms with Crippen molar-refractivity contribution in [2.24, 2.45) is 9.98 Å². The van der Waals surface area contributed by atoms with Gasteiger partial charge in [-0.25, -0.2) is 48.4 Å². The van der Waals surface area contributed by atoms with Crippen molar-refractivity contribution < 1.29 is 28.8 Å². The first-order valence-electron chi connectivity index (χ1n) is 22.0. The highest BCUT2D eigenvalue weighted by atomic mass is 33.1. The van der Waals surface area contributed by atoms with Crippen molar-refractivity contribution in [2.45, 2.75) is 52.3 Å². The maximum Gasteiger partial charge on any atom is 0.347 e. The highest BCUT2D eigenvalue weighted by Gasteiger charge is 2.53. The summed E-state index contributed by atoms with van der Waals surface area (Å²) in [6.07, 6.45) is 0. The number of nitrogens with one attached hydrogen (secondary N) is 4. The van der Waals surface area contributed by atoms with Crippen LogP contribution in [0.4, 0.5) is 62.9 Å². The summed E-state index contributed by atoms with van der Waals surface area (Å²) < 4.78 is 0. The monoisotopic (exact) mass is 972 g/mol. The first kappa shape index (κ1) is 48.2. The van der Waals surface area contributed by atoms with E-state index in [2.05, 4.69) is 31.3 Å². The molecule has 18 heteroatoms.